The summed E-state index contributed by atoms with van der Waals surface area (Å²) in [5, 5.41) is 6.25. The summed E-state index contributed by atoms with van der Waals surface area (Å²) in [7, 11) is 0. The van der Waals surface area contributed by atoms with Crippen molar-refractivity contribution in [2.75, 3.05) is 5.32 Å². The first-order chi connectivity index (χ1) is 17.1. The Hall–Kier alpha value is -3.19. The summed E-state index contributed by atoms with van der Waals surface area (Å²) in [6, 6.07) is 10.1. The number of rotatable bonds is 7. The minimum absolute atomic E-state index is 0.227. The number of carbonyl (C=O) groups is 2. The van der Waals surface area contributed by atoms with Crippen LogP contribution in [0.2, 0.25) is 5.02 Å². The van der Waals surface area contributed by atoms with Gasteiger partial charge in [-0.15, -0.1) is 11.3 Å². The molecule has 3 rings (SSSR count). The van der Waals surface area contributed by atoms with Crippen molar-refractivity contribution >= 4 is 56.2 Å². The number of nitrogens with one attached hydrogen (secondary N) is 2. The monoisotopic (exact) mass is 567 g/mol. The van der Waals surface area contributed by atoms with Gasteiger partial charge < -0.3 is 5.32 Å². The van der Waals surface area contributed by atoms with Crippen LogP contribution in [0.25, 0.3) is 10.1 Å². The van der Waals surface area contributed by atoms with Gasteiger partial charge in [0.1, 0.15) is 4.88 Å². The van der Waals surface area contributed by atoms with E-state index < -0.39 is 35.5 Å². The molecule has 0 aliphatic rings. The Morgan fingerprint density at radius 3 is 2.19 bits per heavy atom. The van der Waals surface area contributed by atoms with Crippen molar-refractivity contribution in [1.82, 2.24) is 5.43 Å². The van der Waals surface area contributed by atoms with Crippen LogP contribution < -0.4 is 10.7 Å². The summed E-state index contributed by atoms with van der Waals surface area (Å²) in [6.45, 7) is 3.47. The van der Waals surface area contributed by atoms with E-state index >= 15 is 0 Å². The highest BCUT2D eigenvalue weighted by molar-refractivity contribution is 7.21. The third-order valence-electron chi connectivity index (χ3n) is 5.23. The fraction of sp³-hybridized carbons (Fsp3) is 0.261. The highest BCUT2D eigenvalue weighted by Gasteiger charge is 2.76. The quantitative estimate of drug-likeness (QED) is 0.183. The van der Waals surface area contributed by atoms with Crippen molar-refractivity contribution in [3.05, 3.63) is 63.5 Å². The van der Waals surface area contributed by atoms with Crippen LogP contribution in [-0.2, 0) is 11.2 Å². The Balaban J connectivity index is 1.70. The zero-order valence-corrected chi connectivity index (χ0v) is 20.5. The molecule has 1 heterocycles. The Morgan fingerprint density at radius 1 is 1.00 bits per heavy atom. The van der Waals surface area contributed by atoms with Gasteiger partial charge in [-0.05, 0) is 42.7 Å². The van der Waals surface area contributed by atoms with Gasteiger partial charge >= 0.3 is 23.9 Å². The van der Waals surface area contributed by atoms with E-state index in [0.29, 0.717) is 10.9 Å². The number of carbonyl (C=O) groups excluding carboxylic acids is 2. The topological polar surface area (TPSA) is 70.6 Å². The number of fused-ring (bicyclic) bond motifs is 1. The highest BCUT2D eigenvalue weighted by atomic mass is 35.5. The van der Waals surface area contributed by atoms with Crippen LogP contribution in [0.4, 0.5) is 36.4 Å². The third-order valence-corrected chi connectivity index (χ3v) is 6.89. The van der Waals surface area contributed by atoms with Crippen LogP contribution in [-0.4, -0.2) is 35.5 Å². The highest BCUT2D eigenvalue weighted by Crippen LogP contribution is 2.47. The Labute approximate surface area is 214 Å². The predicted molar refractivity (Wildman–Crippen MR) is 127 cm³/mol. The summed E-state index contributed by atoms with van der Waals surface area (Å²) in [5.74, 6) is -16.0. The SMILES string of the molecule is CCc1ccc2c(Cl)c(C(=O)N/N=C(/C)c3ccc(NC(=O)C(F)(F)C(F)(F)C(F)(F)F)cc3)sc2c1. The molecule has 0 atom stereocenters. The molecule has 0 radical (unpaired) electrons. The van der Waals surface area contributed by atoms with Crippen molar-refractivity contribution in [2.24, 2.45) is 5.10 Å². The molecule has 0 unspecified atom stereocenters. The standard InChI is InChI=1S/C23H17ClF7N3O2S/c1-3-12-4-9-15-16(10-12)37-18(17(15)24)19(35)34-33-11(2)13-5-7-14(8-6-13)32-20(36)21(25,26)22(27,28)23(29,30)31/h4-10H,3H2,1-2H3,(H,32,36)(H,34,35)/b33-11-. The van der Waals surface area contributed by atoms with E-state index in [-0.39, 0.29) is 15.6 Å². The van der Waals surface area contributed by atoms with Crippen LogP contribution in [0.3, 0.4) is 0 Å². The largest absolute Gasteiger partial charge is 0.460 e. The molecular weight excluding hydrogens is 551 g/mol. The summed E-state index contributed by atoms with van der Waals surface area (Å²) < 4.78 is 90.6. The Kier molecular flexibility index (Phi) is 7.89. The normalized spacial score (nSPS) is 13.1. The van der Waals surface area contributed by atoms with E-state index in [1.807, 2.05) is 25.1 Å². The molecule has 37 heavy (non-hydrogen) atoms. The molecule has 0 fully saturated rings. The molecule has 0 spiro atoms. The molecule has 198 valence electrons. The maximum atomic E-state index is 13.5. The molecule has 0 saturated heterocycles. The van der Waals surface area contributed by atoms with Crippen LogP contribution in [0.15, 0.2) is 47.6 Å². The van der Waals surface area contributed by atoms with Crippen LogP contribution in [0, 0.1) is 0 Å². The number of nitrogens with zero attached hydrogens (tertiary/aromatic N) is 1. The molecule has 0 bridgehead atoms. The number of hydrazone groups is 1. The van der Waals surface area contributed by atoms with Gasteiger partial charge in [-0.1, -0.05) is 42.8 Å². The van der Waals surface area contributed by atoms with E-state index in [4.69, 9.17) is 11.6 Å². The van der Waals surface area contributed by atoms with Gasteiger partial charge in [0, 0.05) is 15.8 Å². The number of aryl methyl sites for hydroxylation is 1. The van der Waals surface area contributed by atoms with Crippen LogP contribution in [0.1, 0.15) is 34.6 Å². The smallest absolute Gasteiger partial charge is 0.321 e. The molecule has 0 saturated carbocycles. The zero-order chi connectivity index (χ0) is 27.8. The van der Waals surface area contributed by atoms with E-state index in [9.17, 15) is 40.3 Å². The number of halogens is 8. The average molecular weight is 568 g/mol. The van der Waals surface area contributed by atoms with E-state index in [2.05, 4.69) is 10.5 Å². The lowest BCUT2D eigenvalue weighted by Gasteiger charge is -2.27. The number of thiophene rings is 1. The van der Waals surface area contributed by atoms with Crippen molar-refractivity contribution in [3.8, 4) is 0 Å². The van der Waals surface area contributed by atoms with Gasteiger partial charge in [0.15, 0.2) is 0 Å². The minimum Gasteiger partial charge on any atom is -0.321 e. The van der Waals surface area contributed by atoms with E-state index in [0.717, 1.165) is 28.8 Å². The fourth-order valence-corrected chi connectivity index (χ4v) is 4.52. The molecule has 3 aromatic rings. The number of hydrogen-bond acceptors (Lipinski definition) is 4. The fourth-order valence-electron chi connectivity index (χ4n) is 3.05. The van der Waals surface area contributed by atoms with Crippen LogP contribution in [0.5, 0.6) is 0 Å². The van der Waals surface area contributed by atoms with Crippen molar-refractivity contribution in [2.45, 2.75) is 38.3 Å². The third kappa shape index (κ3) is 5.57. The Bertz CT molecular complexity index is 1370. The average Bonchev–Trinajstić information content (AvgIpc) is 3.17. The lowest BCUT2D eigenvalue weighted by molar-refractivity contribution is -0.343. The first-order valence-electron chi connectivity index (χ1n) is 10.4. The second-order valence-corrected chi connectivity index (χ2v) is 9.18. The van der Waals surface area contributed by atoms with E-state index in [1.54, 1.807) is 0 Å². The second-order valence-electron chi connectivity index (χ2n) is 7.75. The summed E-state index contributed by atoms with van der Waals surface area (Å²) >= 11 is 7.51. The lowest BCUT2D eigenvalue weighted by atomic mass is 10.1. The Morgan fingerprint density at radius 2 is 1.62 bits per heavy atom. The summed E-state index contributed by atoms with van der Waals surface area (Å²) in [4.78, 5) is 24.3. The maximum absolute atomic E-state index is 13.5. The van der Waals surface area contributed by atoms with Crippen molar-refractivity contribution in [1.29, 1.82) is 0 Å². The number of anilines is 1. The lowest BCUT2D eigenvalue weighted by Crippen LogP contribution is -2.57. The van der Waals surface area contributed by atoms with Gasteiger partial charge in [-0.25, -0.2) is 5.43 Å². The van der Waals surface area contributed by atoms with Crippen molar-refractivity contribution < 1.29 is 40.3 Å². The predicted octanol–water partition coefficient (Wildman–Crippen LogP) is 7.04. The number of benzene rings is 2. The van der Waals surface area contributed by atoms with Gasteiger partial charge in [0.05, 0.1) is 10.7 Å². The summed E-state index contributed by atoms with van der Waals surface area (Å²) in [6.07, 6.45) is -5.82. The van der Waals surface area contributed by atoms with Crippen LogP contribution >= 0.6 is 22.9 Å². The summed E-state index contributed by atoms with van der Waals surface area (Å²) in [5.41, 5.74) is 3.50. The molecule has 5 nitrogen and oxygen atoms in total. The van der Waals surface area contributed by atoms with Gasteiger partial charge in [0.2, 0.25) is 0 Å². The second kappa shape index (κ2) is 10.3. The molecule has 1 aromatic heterocycles. The molecule has 14 heteroatoms. The number of hydrogen-bond donors (Lipinski definition) is 2. The first-order valence-corrected chi connectivity index (χ1v) is 11.6. The van der Waals surface area contributed by atoms with E-state index in [1.165, 1.54) is 35.7 Å². The van der Waals surface area contributed by atoms with Gasteiger partial charge in [0.25, 0.3) is 5.91 Å². The van der Waals surface area contributed by atoms with Gasteiger partial charge in [-0.2, -0.15) is 35.8 Å². The molecule has 0 aliphatic carbocycles. The maximum Gasteiger partial charge on any atom is 0.460 e. The first kappa shape index (κ1) is 28.4. The minimum atomic E-state index is -6.63. The molecule has 0 aliphatic heterocycles. The molecule has 2 N–H and O–H groups in total. The number of amides is 2. The van der Waals surface area contributed by atoms with Crippen molar-refractivity contribution in [3.63, 3.8) is 0 Å². The number of alkyl halides is 7. The zero-order valence-electron chi connectivity index (χ0n) is 18.9. The van der Waals surface area contributed by atoms with Gasteiger partial charge in [-0.3, -0.25) is 9.59 Å². The molecular formula is C23H17ClF7N3O2S. The molecule has 2 aromatic carbocycles. The molecule has 2 amide bonds.